The van der Waals surface area contributed by atoms with Crippen molar-refractivity contribution < 1.29 is 38.3 Å². The molecular weight excluding hydrogens is 751 g/mol. The molecule has 1 aliphatic heterocycles. The van der Waals surface area contributed by atoms with Crippen molar-refractivity contribution in [2.45, 2.75) is 63.4 Å². The highest BCUT2D eigenvalue weighted by molar-refractivity contribution is 6.36. The van der Waals surface area contributed by atoms with Gasteiger partial charge < -0.3 is 29.2 Å². The number of carboxylic acid groups (broad SMARTS) is 1. The molecule has 1 aliphatic carbocycles. The van der Waals surface area contributed by atoms with Gasteiger partial charge in [-0.25, -0.2) is 9.07 Å². The number of rotatable bonds is 13. The minimum Gasteiger partial charge on any atom is -0.496 e. The Morgan fingerprint density at radius 1 is 0.877 bits per heavy atom. The smallest absolute Gasteiger partial charge is 0.306 e. The largest absolute Gasteiger partial charge is 0.496 e. The topological polar surface area (TPSA) is 119 Å². The van der Waals surface area contributed by atoms with E-state index in [0.717, 1.165) is 52.5 Å². The van der Waals surface area contributed by atoms with Gasteiger partial charge in [0.1, 0.15) is 23.1 Å². The molecule has 302 valence electrons. The summed E-state index contributed by atoms with van der Waals surface area (Å²) in [5.74, 6) is 0.238. The van der Waals surface area contributed by atoms with Crippen molar-refractivity contribution in [2.24, 2.45) is 5.92 Å². The van der Waals surface area contributed by atoms with Gasteiger partial charge in [-0.3, -0.25) is 14.6 Å². The molecule has 2 heterocycles. The molecule has 1 saturated carbocycles. The first-order chi connectivity index (χ1) is 27.5. The Balaban J connectivity index is 1.18. The lowest BCUT2D eigenvalue weighted by Gasteiger charge is -2.35. The Hall–Kier alpha value is -4.72. The van der Waals surface area contributed by atoms with E-state index in [1.54, 1.807) is 14.2 Å². The van der Waals surface area contributed by atoms with Crippen LogP contribution in [-0.4, -0.2) is 103 Å². The van der Waals surface area contributed by atoms with Crippen LogP contribution in [0.1, 0.15) is 43.2 Å². The number of nitrogens with zero attached hydrogens (tertiary/aromatic N) is 4. The average Bonchev–Trinajstić information content (AvgIpc) is 3.66. The van der Waals surface area contributed by atoms with Crippen LogP contribution in [-0.2, 0) is 22.6 Å². The molecule has 0 amide bonds. The second-order valence-corrected chi connectivity index (χ2v) is 15.5. The number of aliphatic carboxylic acids is 1. The standard InChI is InChI=1S/C44H50ClFN4O7/c1-48(28-14-12-26(13-15-28)44(52)53)23-34-36(46)18-27(19-40(34)54-3)30-8-6-10-32(43(30)45)31-9-7-11-37-33(31)22-47-50(37)29-20-41(55-4)35(42(21-29)56-5)24-49(2)38-16-17-57-25-39(38)51/h6-11,18-22,26,28,38-39,51H,12-17,23-25H2,1-5H3,(H,52,53)/t26?,28?,38-,39+/m1/s1. The zero-order valence-electron chi connectivity index (χ0n) is 33.0. The third-order valence-corrected chi connectivity index (χ3v) is 12.2. The number of carboxylic acids is 1. The van der Waals surface area contributed by atoms with Crippen LogP contribution in [0.3, 0.4) is 0 Å². The molecule has 2 N–H and O–H groups in total. The number of aromatic nitrogens is 2. The zero-order chi connectivity index (χ0) is 40.4. The second kappa shape index (κ2) is 17.4. The maximum Gasteiger partial charge on any atom is 0.306 e. The summed E-state index contributed by atoms with van der Waals surface area (Å²) >= 11 is 7.21. The molecule has 11 nitrogen and oxygen atoms in total. The average molecular weight is 801 g/mol. The highest BCUT2D eigenvalue weighted by Gasteiger charge is 2.30. The molecule has 1 saturated heterocycles. The van der Waals surface area contributed by atoms with Crippen LogP contribution in [0.15, 0.2) is 66.9 Å². The Morgan fingerprint density at radius 2 is 1.51 bits per heavy atom. The molecule has 2 fully saturated rings. The van der Waals surface area contributed by atoms with E-state index < -0.39 is 17.9 Å². The predicted molar refractivity (Wildman–Crippen MR) is 218 cm³/mol. The molecule has 4 aromatic carbocycles. The molecule has 2 atom stereocenters. The van der Waals surface area contributed by atoms with E-state index in [2.05, 4.69) is 9.80 Å². The van der Waals surface area contributed by atoms with Crippen LogP contribution in [0.5, 0.6) is 17.2 Å². The van der Waals surface area contributed by atoms with Gasteiger partial charge in [0.2, 0.25) is 0 Å². The van der Waals surface area contributed by atoms with Gasteiger partial charge in [-0.1, -0.05) is 41.9 Å². The molecule has 13 heteroatoms. The first kappa shape index (κ1) is 40.5. The van der Waals surface area contributed by atoms with Gasteiger partial charge in [-0.15, -0.1) is 0 Å². The lowest BCUT2D eigenvalue weighted by Crippen LogP contribution is -2.47. The van der Waals surface area contributed by atoms with E-state index in [1.807, 2.05) is 79.6 Å². The molecule has 0 unspecified atom stereocenters. The first-order valence-corrected chi connectivity index (χ1v) is 19.7. The number of likely N-dealkylation sites (N-methyl/N-ethyl adjacent to an activating group) is 1. The number of hydrogen-bond acceptors (Lipinski definition) is 9. The monoisotopic (exact) mass is 800 g/mol. The van der Waals surface area contributed by atoms with E-state index in [0.29, 0.717) is 78.1 Å². The van der Waals surface area contributed by atoms with Crippen molar-refractivity contribution in [2.75, 3.05) is 48.6 Å². The van der Waals surface area contributed by atoms with E-state index >= 15 is 4.39 Å². The lowest BCUT2D eigenvalue weighted by molar-refractivity contribution is -0.143. The Kier molecular flexibility index (Phi) is 12.4. The molecule has 0 radical (unpaired) electrons. The SMILES string of the molecule is COc1cc(-c2cccc(-c3cccc4c3cnn4-c3cc(OC)c(CN(C)[C@@H]4CCOC[C@@H]4O)c(OC)c3)c2Cl)cc(F)c1CN(C)C1CCC(C(=O)O)CC1. The van der Waals surface area contributed by atoms with E-state index in [9.17, 15) is 15.0 Å². The fourth-order valence-electron chi connectivity index (χ4n) is 8.54. The summed E-state index contributed by atoms with van der Waals surface area (Å²) in [5.41, 5.74) is 5.76. The maximum atomic E-state index is 16.0. The minimum absolute atomic E-state index is 0.0525. The Morgan fingerprint density at radius 3 is 2.18 bits per heavy atom. The summed E-state index contributed by atoms with van der Waals surface area (Å²) in [5, 5.41) is 26.1. The normalized spacial score (nSPS) is 20.0. The summed E-state index contributed by atoms with van der Waals surface area (Å²) in [6.45, 7) is 1.74. The highest BCUT2D eigenvalue weighted by Crippen LogP contribution is 2.42. The summed E-state index contributed by atoms with van der Waals surface area (Å²) in [6.07, 6.45) is 4.69. The number of methoxy groups -OCH3 is 3. The minimum atomic E-state index is -0.744. The molecular formula is C44H50ClFN4O7. The number of aliphatic hydroxyl groups is 1. The van der Waals surface area contributed by atoms with E-state index in [1.165, 1.54) is 13.2 Å². The van der Waals surface area contributed by atoms with Crippen LogP contribution in [0.2, 0.25) is 5.02 Å². The van der Waals surface area contributed by atoms with Crippen molar-refractivity contribution in [3.63, 3.8) is 0 Å². The molecule has 57 heavy (non-hydrogen) atoms. The molecule has 0 spiro atoms. The Labute approximate surface area is 337 Å². The molecule has 5 aromatic rings. The lowest BCUT2D eigenvalue weighted by atomic mass is 9.85. The number of halogens is 2. The number of ether oxygens (including phenoxy) is 4. The van der Waals surface area contributed by atoms with Crippen molar-refractivity contribution in [1.82, 2.24) is 19.6 Å². The van der Waals surface area contributed by atoms with Gasteiger partial charge in [0, 0.05) is 66.0 Å². The van der Waals surface area contributed by atoms with Gasteiger partial charge in [0.05, 0.1) is 67.9 Å². The number of hydrogen-bond donors (Lipinski definition) is 2. The summed E-state index contributed by atoms with van der Waals surface area (Å²) < 4.78 is 40.8. The summed E-state index contributed by atoms with van der Waals surface area (Å²) in [4.78, 5) is 15.6. The van der Waals surface area contributed by atoms with Gasteiger partial charge in [0.15, 0.2) is 0 Å². The van der Waals surface area contributed by atoms with Gasteiger partial charge in [0.25, 0.3) is 0 Å². The maximum absolute atomic E-state index is 16.0. The second-order valence-electron chi connectivity index (χ2n) is 15.1. The van der Waals surface area contributed by atoms with Crippen molar-refractivity contribution >= 4 is 28.5 Å². The van der Waals surface area contributed by atoms with Gasteiger partial charge in [-0.2, -0.15) is 5.10 Å². The van der Waals surface area contributed by atoms with Gasteiger partial charge in [-0.05, 0) is 75.5 Å². The third kappa shape index (κ3) is 8.19. The zero-order valence-corrected chi connectivity index (χ0v) is 33.8. The van der Waals surface area contributed by atoms with Crippen molar-refractivity contribution in [1.29, 1.82) is 0 Å². The van der Waals surface area contributed by atoms with Crippen molar-refractivity contribution in [3.8, 4) is 45.2 Å². The molecule has 7 rings (SSSR count). The van der Waals surface area contributed by atoms with Crippen LogP contribution in [0.25, 0.3) is 38.8 Å². The third-order valence-electron chi connectivity index (χ3n) is 11.8. The number of carbonyl (C=O) groups is 1. The van der Waals surface area contributed by atoms with E-state index in [4.69, 9.17) is 35.6 Å². The van der Waals surface area contributed by atoms with Crippen LogP contribution < -0.4 is 14.2 Å². The number of aliphatic hydroxyl groups excluding tert-OH is 1. The fraction of sp³-hybridized carbons (Fsp3) is 0.409. The van der Waals surface area contributed by atoms with Crippen molar-refractivity contribution in [3.05, 3.63) is 88.8 Å². The van der Waals surface area contributed by atoms with Gasteiger partial charge >= 0.3 is 5.97 Å². The molecule has 2 aliphatic rings. The quantitative estimate of drug-likeness (QED) is 0.122. The van der Waals surface area contributed by atoms with Crippen LogP contribution in [0, 0.1) is 11.7 Å². The van der Waals surface area contributed by atoms with E-state index in [-0.39, 0.29) is 18.0 Å². The first-order valence-electron chi connectivity index (χ1n) is 19.3. The predicted octanol–water partition coefficient (Wildman–Crippen LogP) is 7.83. The number of fused-ring (bicyclic) bond motifs is 1. The Bertz CT molecular complexity index is 2220. The van der Waals surface area contributed by atoms with Crippen LogP contribution >= 0.6 is 11.6 Å². The molecule has 1 aromatic heterocycles. The number of benzene rings is 4. The summed E-state index contributed by atoms with van der Waals surface area (Å²) in [7, 11) is 8.72. The van der Waals surface area contributed by atoms with Crippen LogP contribution in [0.4, 0.5) is 4.39 Å². The summed E-state index contributed by atoms with van der Waals surface area (Å²) in [6, 6.07) is 19.0. The highest BCUT2D eigenvalue weighted by atomic mass is 35.5. The fourth-order valence-corrected chi connectivity index (χ4v) is 8.88. The molecule has 0 bridgehead atoms.